The number of carboxylic acids is 1. The Labute approximate surface area is 113 Å². The molecule has 104 valence electrons. The summed E-state index contributed by atoms with van der Waals surface area (Å²) in [5.74, 6) is -0.810. The molecule has 19 heavy (non-hydrogen) atoms. The predicted octanol–water partition coefficient (Wildman–Crippen LogP) is 2.62. The molecule has 1 rings (SSSR count). The molecule has 0 fully saturated rings. The summed E-state index contributed by atoms with van der Waals surface area (Å²) in [4.78, 5) is 22.0. The second-order valence-corrected chi connectivity index (χ2v) is 4.50. The van der Waals surface area contributed by atoms with Crippen LogP contribution in [-0.4, -0.2) is 23.1 Å². The van der Waals surface area contributed by atoms with Crippen molar-refractivity contribution in [3.05, 3.63) is 29.8 Å². The van der Waals surface area contributed by atoms with E-state index in [1.807, 2.05) is 26.0 Å². The van der Waals surface area contributed by atoms with Crippen LogP contribution in [-0.2, 0) is 11.2 Å². The van der Waals surface area contributed by atoms with E-state index in [4.69, 9.17) is 5.11 Å². The van der Waals surface area contributed by atoms with Crippen LogP contribution in [0.15, 0.2) is 24.3 Å². The fourth-order valence-electron chi connectivity index (χ4n) is 1.50. The van der Waals surface area contributed by atoms with Gasteiger partial charge in [0.15, 0.2) is 0 Å². The number of urea groups is 1. The first-order valence-electron chi connectivity index (χ1n) is 6.39. The first-order chi connectivity index (χ1) is 9.01. The molecule has 1 atom stereocenters. The fraction of sp³-hybridized carbons (Fsp3) is 0.429. The summed E-state index contributed by atoms with van der Waals surface area (Å²) in [7, 11) is 0. The van der Waals surface area contributed by atoms with Crippen molar-refractivity contribution in [2.75, 3.05) is 5.32 Å². The van der Waals surface area contributed by atoms with E-state index < -0.39 is 5.97 Å². The Kier molecular flexibility index (Phi) is 5.85. The molecule has 5 nitrogen and oxygen atoms in total. The van der Waals surface area contributed by atoms with Crippen molar-refractivity contribution in [3.63, 3.8) is 0 Å². The maximum Gasteiger partial charge on any atom is 0.319 e. The minimum Gasteiger partial charge on any atom is -0.481 e. The Balaban J connectivity index is 2.47. The number of amides is 2. The highest BCUT2D eigenvalue weighted by Gasteiger charge is 2.05. The van der Waals surface area contributed by atoms with Gasteiger partial charge in [-0.3, -0.25) is 4.79 Å². The minimum absolute atomic E-state index is 0.112. The van der Waals surface area contributed by atoms with Gasteiger partial charge in [0, 0.05) is 18.2 Å². The number of hydrogen-bond acceptors (Lipinski definition) is 2. The third kappa shape index (κ3) is 5.90. The molecule has 0 saturated heterocycles. The molecule has 3 N–H and O–H groups in total. The van der Waals surface area contributed by atoms with E-state index in [9.17, 15) is 9.59 Å². The van der Waals surface area contributed by atoms with E-state index in [0.717, 1.165) is 12.0 Å². The number of carboxylic acid groups (broad SMARTS) is 1. The largest absolute Gasteiger partial charge is 0.481 e. The van der Waals surface area contributed by atoms with E-state index in [1.165, 1.54) is 0 Å². The average Bonchev–Trinajstić information content (AvgIpc) is 2.37. The molecule has 0 aliphatic rings. The zero-order valence-electron chi connectivity index (χ0n) is 11.3. The molecule has 5 heteroatoms. The zero-order valence-corrected chi connectivity index (χ0v) is 11.3. The van der Waals surface area contributed by atoms with Gasteiger partial charge in [-0.05, 0) is 37.5 Å². The summed E-state index contributed by atoms with van der Waals surface area (Å²) >= 11 is 0. The number of benzene rings is 1. The highest BCUT2D eigenvalue weighted by molar-refractivity contribution is 5.89. The number of nitrogens with one attached hydrogen (secondary N) is 2. The van der Waals surface area contributed by atoms with Gasteiger partial charge in [-0.1, -0.05) is 19.1 Å². The average molecular weight is 264 g/mol. The van der Waals surface area contributed by atoms with E-state index in [2.05, 4.69) is 10.6 Å². The van der Waals surface area contributed by atoms with Crippen LogP contribution in [0.4, 0.5) is 10.5 Å². The van der Waals surface area contributed by atoms with Gasteiger partial charge in [0.1, 0.15) is 0 Å². The monoisotopic (exact) mass is 264 g/mol. The number of hydrogen-bond donors (Lipinski definition) is 3. The van der Waals surface area contributed by atoms with Crippen LogP contribution < -0.4 is 10.6 Å². The molecule has 0 saturated carbocycles. The lowest BCUT2D eigenvalue weighted by atomic mass is 10.1. The summed E-state index contributed by atoms with van der Waals surface area (Å²) in [5, 5.41) is 14.1. The Morgan fingerprint density at radius 1 is 1.26 bits per heavy atom. The molecule has 2 amide bonds. The van der Waals surface area contributed by atoms with Crippen molar-refractivity contribution in [2.45, 2.75) is 39.2 Å². The van der Waals surface area contributed by atoms with Crippen LogP contribution in [0.1, 0.15) is 32.3 Å². The van der Waals surface area contributed by atoms with Crippen molar-refractivity contribution in [2.24, 2.45) is 0 Å². The number of carbonyl (C=O) groups is 2. The topological polar surface area (TPSA) is 78.4 Å². The first kappa shape index (κ1) is 15.0. The lowest BCUT2D eigenvalue weighted by Gasteiger charge is -2.12. The van der Waals surface area contributed by atoms with E-state index >= 15 is 0 Å². The molecule has 1 aromatic carbocycles. The van der Waals surface area contributed by atoms with Gasteiger partial charge in [0.2, 0.25) is 0 Å². The third-order valence-electron chi connectivity index (χ3n) is 2.83. The van der Waals surface area contributed by atoms with Crippen molar-refractivity contribution >= 4 is 17.7 Å². The number of anilines is 1. The molecule has 0 radical (unpaired) electrons. The summed E-state index contributed by atoms with van der Waals surface area (Å²) in [6.07, 6.45) is 1.48. The maximum atomic E-state index is 11.6. The Morgan fingerprint density at radius 2 is 1.89 bits per heavy atom. The van der Waals surface area contributed by atoms with Crippen molar-refractivity contribution in [1.82, 2.24) is 5.32 Å². The normalized spacial score (nSPS) is 11.7. The van der Waals surface area contributed by atoms with Crippen molar-refractivity contribution in [3.8, 4) is 0 Å². The molecule has 0 aliphatic heterocycles. The standard InChI is InChI=1S/C14H20N2O3/c1-3-10(2)15-14(19)16-12-7-4-11(5-8-12)6-9-13(17)18/h4-5,7-8,10H,3,6,9H2,1-2H3,(H,17,18)(H2,15,16,19). The molecule has 0 bridgehead atoms. The molecule has 0 aromatic heterocycles. The highest BCUT2D eigenvalue weighted by Crippen LogP contribution is 2.11. The van der Waals surface area contributed by atoms with Crippen LogP contribution in [0.3, 0.4) is 0 Å². The zero-order chi connectivity index (χ0) is 14.3. The molecule has 1 aromatic rings. The Hall–Kier alpha value is -2.04. The predicted molar refractivity (Wildman–Crippen MR) is 74.3 cm³/mol. The van der Waals surface area contributed by atoms with Gasteiger partial charge in [-0.15, -0.1) is 0 Å². The molecule has 0 heterocycles. The van der Waals surface area contributed by atoms with Gasteiger partial charge in [0.05, 0.1) is 0 Å². The number of carbonyl (C=O) groups excluding carboxylic acids is 1. The van der Waals surface area contributed by atoms with Crippen LogP contribution in [0.5, 0.6) is 0 Å². The number of rotatable bonds is 6. The maximum absolute atomic E-state index is 11.6. The Morgan fingerprint density at radius 3 is 2.42 bits per heavy atom. The van der Waals surface area contributed by atoms with Gasteiger partial charge in [-0.2, -0.15) is 0 Å². The quantitative estimate of drug-likeness (QED) is 0.739. The molecule has 0 aliphatic carbocycles. The van der Waals surface area contributed by atoms with E-state index in [1.54, 1.807) is 12.1 Å². The van der Waals surface area contributed by atoms with E-state index in [0.29, 0.717) is 12.1 Å². The lowest BCUT2D eigenvalue weighted by Crippen LogP contribution is -2.35. The van der Waals surface area contributed by atoms with Gasteiger partial charge >= 0.3 is 12.0 Å². The lowest BCUT2D eigenvalue weighted by molar-refractivity contribution is -0.136. The minimum atomic E-state index is -0.810. The fourth-order valence-corrected chi connectivity index (χ4v) is 1.50. The summed E-state index contributed by atoms with van der Waals surface area (Å²) < 4.78 is 0. The van der Waals surface area contributed by atoms with Crippen LogP contribution >= 0.6 is 0 Å². The summed E-state index contributed by atoms with van der Waals surface area (Å²) in [6, 6.07) is 7.09. The highest BCUT2D eigenvalue weighted by atomic mass is 16.4. The second-order valence-electron chi connectivity index (χ2n) is 4.50. The van der Waals surface area contributed by atoms with Gasteiger partial charge < -0.3 is 15.7 Å². The summed E-state index contributed by atoms with van der Waals surface area (Å²) in [5.41, 5.74) is 1.63. The van der Waals surface area contributed by atoms with Gasteiger partial charge in [-0.25, -0.2) is 4.79 Å². The molecular weight excluding hydrogens is 244 g/mol. The van der Waals surface area contributed by atoms with Crippen LogP contribution in [0.2, 0.25) is 0 Å². The van der Waals surface area contributed by atoms with Crippen LogP contribution in [0, 0.1) is 0 Å². The summed E-state index contributed by atoms with van der Waals surface area (Å²) in [6.45, 7) is 3.94. The Bertz CT molecular complexity index is 429. The van der Waals surface area contributed by atoms with Crippen molar-refractivity contribution in [1.29, 1.82) is 0 Å². The second kappa shape index (κ2) is 7.41. The SMILES string of the molecule is CCC(C)NC(=O)Nc1ccc(CCC(=O)O)cc1. The molecular formula is C14H20N2O3. The first-order valence-corrected chi connectivity index (χ1v) is 6.39. The number of aryl methyl sites for hydroxylation is 1. The van der Waals surface area contributed by atoms with Crippen LogP contribution in [0.25, 0.3) is 0 Å². The van der Waals surface area contributed by atoms with Crippen molar-refractivity contribution < 1.29 is 14.7 Å². The number of aliphatic carboxylic acids is 1. The smallest absolute Gasteiger partial charge is 0.319 e. The van der Waals surface area contributed by atoms with Gasteiger partial charge in [0.25, 0.3) is 0 Å². The molecule has 0 spiro atoms. The third-order valence-corrected chi connectivity index (χ3v) is 2.83. The molecule has 1 unspecified atom stereocenters. The van der Waals surface area contributed by atoms with E-state index in [-0.39, 0.29) is 18.5 Å².